The zero-order valence-electron chi connectivity index (χ0n) is 15.3. The fourth-order valence-electron chi connectivity index (χ4n) is 3.33. The van der Waals surface area contributed by atoms with Crippen molar-refractivity contribution >= 4 is 34.5 Å². The Morgan fingerprint density at radius 1 is 1.17 bits per heavy atom. The molecule has 0 atom stereocenters. The van der Waals surface area contributed by atoms with Crippen LogP contribution in [0.25, 0.3) is 10.6 Å². The minimum Gasteiger partial charge on any atom is -0.367 e. The van der Waals surface area contributed by atoms with E-state index >= 15 is 0 Å². The molecule has 1 aliphatic rings. The van der Waals surface area contributed by atoms with Crippen LogP contribution in [0.2, 0.25) is 5.02 Å². The maximum atomic E-state index is 13.9. The molecule has 0 saturated carbocycles. The SMILES string of the molecule is N#Cc1c(F)cccc1N1CCN(C(=O)c2csc(-c3cccc(Cl)c3)n2)CC1. The molecule has 1 saturated heterocycles. The van der Waals surface area contributed by atoms with Crippen LogP contribution in [-0.4, -0.2) is 42.0 Å². The molecule has 146 valence electrons. The van der Waals surface area contributed by atoms with Crippen molar-refractivity contribution < 1.29 is 9.18 Å². The normalized spacial score (nSPS) is 14.0. The van der Waals surface area contributed by atoms with Gasteiger partial charge in [0, 0.05) is 42.1 Å². The van der Waals surface area contributed by atoms with Crippen LogP contribution in [0.15, 0.2) is 47.8 Å². The number of carbonyl (C=O) groups is 1. The summed E-state index contributed by atoms with van der Waals surface area (Å²) < 4.78 is 13.9. The highest BCUT2D eigenvalue weighted by Crippen LogP contribution is 2.27. The highest BCUT2D eigenvalue weighted by molar-refractivity contribution is 7.13. The van der Waals surface area contributed by atoms with Gasteiger partial charge < -0.3 is 9.80 Å². The van der Waals surface area contributed by atoms with Crippen molar-refractivity contribution in [2.24, 2.45) is 0 Å². The predicted molar refractivity (Wildman–Crippen MR) is 112 cm³/mol. The van der Waals surface area contributed by atoms with Crippen LogP contribution in [0.5, 0.6) is 0 Å². The standard InChI is InChI=1S/C21H16ClFN4OS/c22-15-4-1-3-14(11-15)20-25-18(13-29-20)21(28)27-9-7-26(8-10-27)19-6-2-5-17(23)16(19)12-24/h1-6,11,13H,7-10H2. The van der Waals surface area contributed by atoms with Crippen molar-refractivity contribution in [1.29, 1.82) is 5.26 Å². The van der Waals surface area contributed by atoms with Gasteiger partial charge in [0.25, 0.3) is 5.91 Å². The third kappa shape index (κ3) is 3.95. The van der Waals surface area contributed by atoms with E-state index in [2.05, 4.69) is 4.98 Å². The van der Waals surface area contributed by atoms with Crippen LogP contribution in [0.3, 0.4) is 0 Å². The molecule has 0 spiro atoms. The van der Waals surface area contributed by atoms with Crippen molar-refractivity contribution in [1.82, 2.24) is 9.88 Å². The van der Waals surface area contributed by atoms with Gasteiger partial charge in [0.1, 0.15) is 28.2 Å². The third-order valence-electron chi connectivity index (χ3n) is 4.81. The van der Waals surface area contributed by atoms with E-state index in [-0.39, 0.29) is 11.5 Å². The second-order valence-corrected chi connectivity index (χ2v) is 7.87. The number of hydrogen-bond acceptors (Lipinski definition) is 5. The molecule has 2 aromatic carbocycles. The molecular formula is C21H16ClFN4OS. The van der Waals surface area contributed by atoms with Crippen molar-refractivity contribution in [3.8, 4) is 16.6 Å². The van der Waals surface area contributed by atoms with Gasteiger partial charge in [0.15, 0.2) is 0 Å². The summed E-state index contributed by atoms with van der Waals surface area (Å²) >= 11 is 7.44. The molecule has 0 aliphatic carbocycles. The second-order valence-electron chi connectivity index (χ2n) is 6.57. The molecule has 8 heteroatoms. The first-order valence-corrected chi connectivity index (χ1v) is 10.3. The van der Waals surface area contributed by atoms with Gasteiger partial charge in [-0.1, -0.05) is 29.8 Å². The summed E-state index contributed by atoms with van der Waals surface area (Å²) in [5.74, 6) is -0.659. The molecule has 1 aliphatic heterocycles. The highest BCUT2D eigenvalue weighted by atomic mass is 35.5. The van der Waals surface area contributed by atoms with Crippen LogP contribution in [-0.2, 0) is 0 Å². The Morgan fingerprint density at radius 2 is 1.93 bits per heavy atom. The molecule has 5 nitrogen and oxygen atoms in total. The predicted octanol–water partition coefficient (Wildman–Crippen LogP) is 4.44. The Hall–Kier alpha value is -2.95. The maximum Gasteiger partial charge on any atom is 0.273 e. The molecule has 0 unspecified atom stereocenters. The van der Waals surface area contributed by atoms with Crippen LogP contribution in [0.1, 0.15) is 16.1 Å². The molecule has 1 fully saturated rings. The van der Waals surface area contributed by atoms with Crippen molar-refractivity contribution in [3.05, 3.63) is 69.9 Å². The Morgan fingerprint density at radius 3 is 2.66 bits per heavy atom. The minimum absolute atomic E-state index is 0.0398. The van der Waals surface area contributed by atoms with E-state index < -0.39 is 5.82 Å². The molecule has 4 rings (SSSR count). The number of hydrogen-bond donors (Lipinski definition) is 0. The first kappa shape index (κ1) is 19.4. The summed E-state index contributed by atoms with van der Waals surface area (Å²) in [6.07, 6.45) is 0. The number of halogens is 2. The van der Waals surface area contributed by atoms with Crippen LogP contribution < -0.4 is 4.90 Å². The Kier molecular flexibility index (Phi) is 5.47. The number of piperazine rings is 1. The van der Waals surface area contributed by atoms with Crippen molar-refractivity contribution in [3.63, 3.8) is 0 Å². The highest BCUT2D eigenvalue weighted by Gasteiger charge is 2.25. The lowest BCUT2D eigenvalue weighted by atomic mass is 10.1. The molecule has 2 heterocycles. The van der Waals surface area contributed by atoms with E-state index in [1.807, 2.05) is 29.2 Å². The van der Waals surface area contributed by atoms with Gasteiger partial charge >= 0.3 is 0 Å². The monoisotopic (exact) mass is 426 g/mol. The first-order valence-electron chi connectivity index (χ1n) is 9.01. The van der Waals surface area contributed by atoms with Gasteiger partial charge in [-0.2, -0.15) is 5.26 Å². The average Bonchev–Trinajstić information content (AvgIpc) is 3.23. The van der Waals surface area contributed by atoms with Gasteiger partial charge in [0.05, 0.1) is 5.69 Å². The number of amides is 1. The Bertz CT molecular complexity index is 1100. The van der Waals surface area contributed by atoms with Gasteiger partial charge in [-0.15, -0.1) is 11.3 Å². The third-order valence-corrected chi connectivity index (χ3v) is 5.93. The topological polar surface area (TPSA) is 60.2 Å². The van der Waals surface area contributed by atoms with Crippen LogP contribution in [0, 0.1) is 17.1 Å². The summed E-state index contributed by atoms with van der Waals surface area (Å²) in [6, 6.07) is 13.9. The molecule has 1 amide bonds. The number of benzene rings is 2. The number of nitrogens with zero attached hydrogens (tertiary/aromatic N) is 4. The number of carbonyl (C=O) groups excluding carboxylic acids is 1. The van der Waals surface area contributed by atoms with Gasteiger partial charge in [-0.3, -0.25) is 4.79 Å². The quantitative estimate of drug-likeness (QED) is 0.621. The number of thiazole rings is 1. The lowest BCUT2D eigenvalue weighted by Gasteiger charge is -2.36. The number of aromatic nitrogens is 1. The fourth-order valence-corrected chi connectivity index (χ4v) is 4.31. The number of rotatable bonds is 3. The lowest BCUT2D eigenvalue weighted by molar-refractivity contribution is 0.0741. The maximum absolute atomic E-state index is 13.9. The summed E-state index contributed by atoms with van der Waals surface area (Å²) in [7, 11) is 0. The number of anilines is 1. The smallest absolute Gasteiger partial charge is 0.273 e. The zero-order valence-corrected chi connectivity index (χ0v) is 16.9. The average molecular weight is 427 g/mol. The van der Waals surface area contributed by atoms with E-state index in [0.29, 0.717) is 42.6 Å². The van der Waals surface area contributed by atoms with E-state index in [1.54, 1.807) is 28.5 Å². The second kappa shape index (κ2) is 8.19. The largest absolute Gasteiger partial charge is 0.367 e. The van der Waals surface area contributed by atoms with Crippen molar-refractivity contribution in [2.45, 2.75) is 0 Å². The molecular weight excluding hydrogens is 411 g/mol. The number of nitriles is 1. The molecule has 0 N–H and O–H groups in total. The van der Waals surface area contributed by atoms with E-state index in [9.17, 15) is 14.4 Å². The van der Waals surface area contributed by atoms with Gasteiger partial charge in [-0.25, -0.2) is 9.37 Å². The lowest BCUT2D eigenvalue weighted by Crippen LogP contribution is -2.49. The van der Waals surface area contributed by atoms with E-state index in [4.69, 9.17) is 11.6 Å². The summed E-state index contributed by atoms with van der Waals surface area (Å²) in [5.41, 5.74) is 1.89. The molecule has 0 bridgehead atoms. The van der Waals surface area contributed by atoms with E-state index in [0.717, 1.165) is 10.6 Å². The molecule has 3 aromatic rings. The molecule has 29 heavy (non-hydrogen) atoms. The van der Waals surface area contributed by atoms with Crippen LogP contribution in [0.4, 0.5) is 10.1 Å². The molecule has 1 aromatic heterocycles. The van der Waals surface area contributed by atoms with Gasteiger partial charge in [-0.05, 0) is 24.3 Å². The summed E-state index contributed by atoms with van der Waals surface area (Å²) in [4.78, 5) is 21.0. The summed E-state index contributed by atoms with van der Waals surface area (Å²) in [6.45, 7) is 2.00. The molecule has 0 radical (unpaired) electrons. The zero-order chi connectivity index (χ0) is 20.4. The van der Waals surface area contributed by atoms with E-state index in [1.165, 1.54) is 17.4 Å². The van der Waals surface area contributed by atoms with Crippen molar-refractivity contribution in [2.75, 3.05) is 31.1 Å². The summed E-state index contributed by atoms with van der Waals surface area (Å²) in [5, 5.41) is 12.4. The fraction of sp³-hybridized carbons (Fsp3) is 0.190. The van der Waals surface area contributed by atoms with Crippen LogP contribution >= 0.6 is 22.9 Å². The Balaban J connectivity index is 1.45. The Labute approximate surface area is 176 Å². The van der Waals surface area contributed by atoms with Gasteiger partial charge in [0.2, 0.25) is 0 Å². The first-order chi connectivity index (χ1) is 14.1. The minimum atomic E-state index is -0.528.